The van der Waals surface area contributed by atoms with Gasteiger partial charge in [-0.1, -0.05) is 0 Å². The van der Waals surface area contributed by atoms with Crippen molar-refractivity contribution in [2.24, 2.45) is 0 Å². The van der Waals surface area contributed by atoms with Crippen LogP contribution in [0.2, 0.25) is 0 Å². The van der Waals surface area contributed by atoms with Gasteiger partial charge in [-0.3, -0.25) is 0 Å². The maximum atomic E-state index is 14.0. The smallest absolute Gasteiger partial charge is 0.148 e. The Balaban J connectivity index is 2.00. The molecule has 1 aromatic carbocycles. The summed E-state index contributed by atoms with van der Waals surface area (Å²) in [5.74, 6) is 0.425. The van der Waals surface area contributed by atoms with Gasteiger partial charge in [-0.25, -0.2) is 4.39 Å². The van der Waals surface area contributed by atoms with E-state index in [1.807, 2.05) is 17.0 Å². The highest BCUT2D eigenvalue weighted by molar-refractivity contribution is 6.17. The van der Waals surface area contributed by atoms with Gasteiger partial charge in [0.05, 0.1) is 18.9 Å². The summed E-state index contributed by atoms with van der Waals surface area (Å²) < 4.78 is 19.3. The summed E-state index contributed by atoms with van der Waals surface area (Å²) in [7, 11) is 0. The van der Waals surface area contributed by atoms with Crippen LogP contribution < -0.4 is 10.2 Å². The number of rotatable bonds is 5. The van der Waals surface area contributed by atoms with Crippen LogP contribution in [0.4, 0.5) is 15.8 Å². The van der Waals surface area contributed by atoms with Crippen molar-refractivity contribution in [1.29, 1.82) is 0 Å². The maximum Gasteiger partial charge on any atom is 0.148 e. The average molecular weight is 273 g/mol. The molecule has 0 amide bonds. The third-order valence-electron chi connectivity index (χ3n) is 2.94. The molecule has 1 heterocycles. The van der Waals surface area contributed by atoms with E-state index in [1.54, 1.807) is 6.07 Å². The summed E-state index contributed by atoms with van der Waals surface area (Å²) >= 11 is 5.59. The van der Waals surface area contributed by atoms with E-state index in [-0.39, 0.29) is 5.82 Å². The fourth-order valence-electron chi connectivity index (χ4n) is 1.98. The second-order valence-electron chi connectivity index (χ2n) is 4.23. The first-order valence-corrected chi connectivity index (χ1v) is 6.77. The molecule has 0 unspecified atom stereocenters. The zero-order valence-electron chi connectivity index (χ0n) is 10.3. The lowest BCUT2D eigenvalue weighted by atomic mass is 10.2. The van der Waals surface area contributed by atoms with Crippen LogP contribution in [0, 0.1) is 5.82 Å². The molecule has 18 heavy (non-hydrogen) atoms. The van der Waals surface area contributed by atoms with Gasteiger partial charge in [0.2, 0.25) is 0 Å². The lowest BCUT2D eigenvalue weighted by molar-refractivity contribution is 0.122. The SMILES string of the molecule is Fc1cc(NCCCCl)ccc1N1CCOCC1. The van der Waals surface area contributed by atoms with E-state index in [0.29, 0.717) is 24.8 Å². The monoisotopic (exact) mass is 272 g/mol. The van der Waals surface area contributed by atoms with E-state index in [9.17, 15) is 4.39 Å². The summed E-state index contributed by atoms with van der Waals surface area (Å²) in [6.45, 7) is 3.58. The number of benzene rings is 1. The van der Waals surface area contributed by atoms with Crippen LogP contribution in [0.5, 0.6) is 0 Å². The third kappa shape index (κ3) is 3.50. The zero-order chi connectivity index (χ0) is 12.8. The Morgan fingerprint density at radius 3 is 2.78 bits per heavy atom. The minimum atomic E-state index is -0.187. The van der Waals surface area contributed by atoms with Gasteiger partial charge in [-0.15, -0.1) is 11.6 Å². The first-order chi connectivity index (χ1) is 8.81. The van der Waals surface area contributed by atoms with Gasteiger partial charge >= 0.3 is 0 Å². The quantitative estimate of drug-likeness (QED) is 0.659. The molecule has 0 aliphatic carbocycles. The summed E-state index contributed by atoms with van der Waals surface area (Å²) in [6, 6.07) is 5.27. The number of nitrogens with zero attached hydrogens (tertiary/aromatic N) is 1. The van der Waals surface area contributed by atoms with Crippen LogP contribution in [-0.4, -0.2) is 38.7 Å². The number of halogens is 2. The molecule has 0 atom stereocenters. The van der Waals surface area contributed by atoms with Gasteiger partial charge in [0, 0.05) is 31.2 Å². The minimum absolute atomic E-state index is 0.187. The fourth-order valence-corrected chi connectivity index (χ4v) is 2.11. The van der Waals surface area contributed by atoms with E-state index in [2.05, 4.69) is 5.32 Å². The molecule has 1 N–H and O–H groups in total. The van der Waals surface area contributed by atoms with Gasteiger partial charge in [0.1, 0.15) is 5.82 Å². The molecule has 1 saturated heterocycles. The Morgan fingerprint density at radius 2 is 2.11 bits per heavy atom. The fraction of sp³-hybridized carbons (Fsp3) is 0.538. The van der Waals surface area contributed by atoms with E-state index in [4.69, 9.17) is 16.3 Å². The van der Waals surface area contributed by atoms with Gasteiger partial charge < -0.3 is 15.0 Å². The largest absolute Gasteiger partial charge is 0.385 e. The molecular formula is C13H18ClFN2O. The summed E-state index contributed by atoms with van der Waals surface area (Å²) in [6.07, 6.45) is 0.869. The van der Waals surface area contributed by atoms with Crippen LogP contribution in [0.15, 0.2) is 18.2 Å². The standard InChI is InChI=1S/C13H18ClFN2O/c14-4-1-5-16-11-2-3-13(12(15)10-11)17-6-8-18-9-7-17/h2-3,10,16H,1,4-9H2. The lowest BCUT2D eigenvalue weighted by Crippen LogP contribution is -2.36. The molecule has 3 nitrogen and oxygen atoms in total. The van der Waals surface area contributed by atoms with Gasteiger partial charge in [0.25, 0.3) is 0 Å². The molecule has 1 aromatic rings. The van der Waals surface area contributed by atoms with Crippen molar-refractivity contribution in [1.82, 2.24) is 0 Å². The second-order valence-corrected chi connectivity index (χ2v) is 4.61. The van der Waals surface area contributed by atoms with Gasteiger partial charge in [0.15, 0.2) is 0 Å². The molecule has 0 bridgehead atoms. The predicted molar refractivity (Wildman–Crippen MR) is 73.3 cm³/mol. The Bertz CT molecular complexity index is 383. The van der Waals surface area contributed by atoms with Crippen molar-refractivity contribution in [3.05, 3.63) is 24.0 Å². The van der Waals surface area contributed by atoms with Crippen molar-refractivity contribution in [3.8, 4) is 0 Å². The number of ether oxygens (including phenoxy) is 1. The Kier molecular flexibility index (Phi) is 5.08. The minimum Gasteiger partial charge on any atom is -0.385 e. The number of alkyl halides is 1. The van der Waals surface area contributed by atoms with Gasteiger partial charge in [-0.2, -0.15) is 0 Å². The summed E-state index contributed by atoms with van der Waals surface area (Å²) in [5.41, 5.74) is 1.45. The third-order valence-corrected chi connectivity index (χ3v) is 3.21. The molecule has 5 heteroatoms. The molecule has 100 valence electrons. The molecular weight excluding hydrogens is 255 g/mol. The van der Waals surface area contributed by atoms with E-state index >= 15 is 0 Å². The lowest BCUT2D eigenvalue weighted by Gasteiger charge is -2.29. The topological polar surface area (TPSA) is 24.5 Å². The number of anilines is 2. The first kappa shape index (κ1) is 13.4. The highest BCUT2D eigenvalue weighted by atomic mass is 35.5. The molecule has 1 aliphatic heterocycles. The molecule has 0 radical (unpaired) electrons. The highest BCUT2D eigenvalue weighted by Gasteiger charge is 2.15. The van der Waals surface area contributed by atoms with Crippen molar-refractivity contribution >= 4 is 23.0 Å². The van der Waals surface area contributed by atoms with Crippen molar-refractivity contribution in [2.45, 2.75) is 6.42 Å². The normalized spacial score (nSPS) is 15.8. The Labute approximate surface area is 112 Å². The predicted octanol–water partition coefficient (Wildman–Crippen LogP) is 2.70. The van der Waals surface area contributed by atoms with Crippen LogP contribution in [0.1, 0.15) is 6.42 Å². The summed E-state index contributed by atoms with van der Waals surface area (Å²) in [5, 5.41) is 3.15. The van der Waals surface area contributed by atoms with E-state index in [0.717, 1.165) is 31.7 Å². The van der Waals surface area contributed by atoms with E-state index < -0.39 is 0 Å². The zero-order valence-corrected chi connectivity index (χ0v) is 11.0. The van der Waals surface area contributed by atoms with Crippen LogP contribution >= 0.6 is 11.6 Å². The van der Waals surface area contributed by atoms with Crippen molar-refractivity contribution in [2.75, 3.05) is 48.9 Å². The van der Waals surface area contributed by atoms with Crippen molar-refractivity contribution < 1.29 is 9.13 Å². The molecule has 2 rings (SSSR count). The number of hydrogen-bond donors (Lipinski definition) is 1. The summed E-state index contributed by atoms with van der Waals surface area (Å²) in [4.78, 5) is 2.02. The maximum absolute atomic E-state index is 14.0. The van der Waals surface area contributed by atoms with Crippen LogP contribution in [0.3, 0.4) is 0 Å². The Hall–Kier alpha value is -1.00. The van der Waals surface area contributed by atoms with Crippen LogP contribution in [-0.2, 0) is 4.74 Å². The number of hydrogen-bond acceptors (Lipinski definition) is 3. The Morgan fingerprint density at radius 1 is 1.33 bits per heavy atom. The molecule has 0 saturated carbocycles. The number of morpholine rings is 1. The molecule has 1 aliphatic rings. The molecule has 1 fully saturated rings. The molecule has 0 spiro atoms. The highest BCUT2D eigenvalue weighted by Crippen LogP contribution is 2.23. The van der Waals surface area contributed by atoms with Crippen LogP contribution in [0.25, 0.3) is 0 Å². The van der Waals surface area contributed by atoms with E-state index in [1.165, 1.54) is 0 Å². The number of nitrogens with one attached hydrogen (secondary N) is 1. The average Bonchev–Trinajstić information content (AvgIpc) is 2.40. The van der Waals surface area contributed by atoms with Gasteiger partial charge in [-0.05, 0) is 24.6 Å². The second kappa shape index (κ2) is 6.81. The van der Waals surface area contributed by atoms with Crippen molar-refractivity contribution in [3.63, 3.8) is 0 Å². The first-order valence-electron chi connectivity index (χ1n) is 6.23. The molecule has 0 aromatic heterocycles.